The molecule has 0 radical (unpaired) electrons. The maximum absolute atomic E-state index is 13.1. The molecule has 0 spiro atoms. The number of fused-ring (bicyclic) bond motifs is 1. The summed E-state index contributed by atoms with van der Waals surface area (Å²) in [5, 5.41) is 0.836. The first-order valence-corrected chi connectivity index (χ1v) is 11.6. The van der Waals surface area contributed by atoms with Gasteiger partial charge in [0.25, 0.3) is 17.7 Å². The molecule has 1 aliphatic rings. The molecule has 1 aliphatic heterocycles. The van der Waals surface area contributed by atoms with Crippen LogP contribution >= 0.6 is 46.4 Å². The van der Waals surface area contributed by atoms with Gasteiger partial charge in [-0.25, -0.2) is 4.79 Å². The topological polar surface area (TPSA) is 92.8 Å². The van der Waals surface area contributed by atoms with Crippen molar-refractivity contribution >= 4 is 75.8 Å². The van der Waals surface area contributed by atoms with Crippen LogP contribution in [0.25, 0.3) is 0 Å². The van der Waals surface area contributed by atoms with Gasteiger partial charge in [0.15, 0.2) is 6.61 Å². The molecule has 0 saturated heterocycles. The highest BCUT2D eigenvalue weighted by molar-refractivity contribution is 6.55. The number of amides is 3. The summed E-state index contributed by atoms with van der Waals surface area (Å²) in [4.78, 5) is 51.8. The summed E-state index contributed by atoms with van der Waals surface area (Å²) in [6.45, 7) is 2.01. The molecule has 0 aliphatic carbocycles. The number of halogens is 7. The van der Waals surface area contributed by atoms with Gasteiger partial charge in [-0.15, -0.1) is 0 Å². The number of hydrogen-bond acceptors (Lipinski definition) is 5. The van der Waals surface area contributed by atoms with Crippen LogP contribution < -0.4 is 5.32 Å². The lowest BCUT2D eigenvalue weighted by Crippen LogP contribution is -2.49. The Morgan fingerprint density at radius 3 is 1.92 bits per heavy atom. The highest BCUT2D eigenvalue weighted by Gasteiger charge is 2.48. The summed E-state index contributed by atoms with van der Waals surface area (Å²) in [5.41, 5.74) is -2.33. The third-order valence-corrected chi connectivity index (χ3v) is 6.94. The van der Waals surface area contributed by atoms with Gasteiger partial charge in [-0.2, -0.15) is 13.2 Å². The Labute approximate surface area is 222 Å². The van der Waals surface area contributed by atoms with Crippen LogP contribution in [-0.4, -0.2) is 41.2 Å². The number of rotatable bonds is 6. The van der Waals surface area contributed by atoms with Gasteiger partial charge in [0.1, 0.15) is 6.04 Å². The molecule has 1 N–H and O–H groups in total. The number of benzene rings is 2. The van der Waals surface area contributed by atoms with E-state index in [1.54, 1.807) is 0 Å². The molecule has 3 amide bonds. The Kier molecular flexibility index (Phi) is 8.14. The van der Waals surface area contributed by atoms with E-state index in [-0.39, 0.29) is 31.2 Å². The largest absolute Gasteiger partial charge is 0.454 e. The monoisotopic (exact) mass is 584 g/mol. The number of nitrogens with one attached hydrogen (secondary N) is 1. The van der Waals surface area contributed by atoms with Crippen molar-refractivity contribution in [2.24, 2.45) is 5.92 Å². The quantitative estimate of drug-likeness (QED) is 0.191. The first-order valence-electron chi connectivity index (χ1n) is 10.0. The summed E-state index contributed by atoms with van der Waals surface area (Å²) in [6.07, 6.45) is -4.73. The highest BCUT2D eigenvalue weighted by atomic mass is 35.5. The minimum absolute atomic E-state index is 0.260. The average molecular weight is 586 g/mol. The Morgan fingerprint density at radius 1 is 0.944 bits per heavy atom. The molecule has 0 aromatic heterocycles. The minimum atomic E-state index is -4.73. The zero-order valence-electron chi connectivity index (χ0n) is 18.3. The van der Waals surface area contributed by atoms with E-state index in [9.17, 15) is 32.3 Å². The molecule has 0 bridgehead atoms. The summed E-state index contributed by atoms with van der Waals surface area (Å²) in [5.74, 6) is -4.92. The Morgan fingerprint density at radius 2 is 1.44 bits per heavy atom. The fourth-order valence-electron chi connectivity index (χ4n) is 3.54. The average Bonchev–Trinajstić information content (AvgIpc) is 3.05. The third-order valence-electron chi connectivity index (χ3n) is 5.14. The van der Waals surface area contributed by atoms with Crippen LogP contribution in [0.5, 0.6) is 0 Å². The van der Waals surface area contributed by atoms with Gasteiger partial charge in [0.05, 0.1) is 42.5 Å². The lowest BCUT2D eigenvalue weighted by molar-refractivity contribution is -0.152. The number of esters is 1. The number of nitrogens with zero attached hydrogens (tertiary/aromatic N) is 1. The van der Waals surface area contributed by atoms with Crippen molar-refractivity contribution in [2.45, 2.75) is 26.1 Å². The first kappa shape index (κ1) is 28.0. The Bertz CT molecular complexity index is 1240. The molecule has 1 atom stereocenters. The molecule has 0 fully saturated rings. The predicted octanol–water partition coefficient (Wildman–Crippen LogP) is 6.12. The van der Waals surface area contributed by atoms with Crippen LogP contribution in [0.15, 0.2) is 24.3 Å². The number of imide groups is 1. The van der Waals surface area contributed by atoms with Gasteiger partial charge < -0.3 is 10.1 Å². The van der Waals surface area contributed by atoms with Crippen LogP contribution in [0.2, 0.25) is 20.1 Å². The number of carbonyl (C=O) groups excluding carboxylic acids is 4. The van der Waals surface area contributed by atoms with Crippen molar-refractivity contribution in [3.05, 3.63) is 61.0 Å². The van der Waals surface area contributed by atoms with E-state index in [0.29, 0.717) is 4.90 Å². The van der Waals surface area contributed by atoms with E-state index in [1.165, 1.54) is 19.9 Å². The number of anilines is 1. The molecule has 14 heteroatoms. The summed E-state index contributed by atoms with van der Waals surface area (Å²) < 4.78 is 44.3. The van der Waals surface area contributed by atoms with E-state index >= 15 is 0 Å². The predicted molar refractivity (Wildman–Crippen MR) is 127 cm³/mol. The molecular weight excluding hydrogens is 571 g/mol. The molecule has 2 aromatic carbocycles. The third kappa shape index (κ3) is 5.13. The van der Waals surface area contributed by atoms with E-state index in [0.717, 1.165) is 18.2 Å². The molecule has 0 saturated carbocycles. The lowest BCUT2D eigenvalue weighted by atomic mass is 10.0. The van der Waals surface area contributed by atoms with Crippen molar-refractivity contribution in [1.82, 2.24) is 4.90 Å². The molecule has 192 valence electrons. The molecule has 1 heterocycles. The molecular formula is C22H15Cl4F3N2O5. The molecule has 2 aromatic rings. The van der Waals surface area contributed by atoms with E-state index in [2.05, 4.69) is 0 Å². The van der Waals surface area contributed by atoms with Crippen LogP contribution in [0, 0.1) is 5.92 Å². The van der Waals surface area contributed by atoms with Crippen LogP contribution in [-0.2, 0) is 20.5 Å². The second kappa shape index (κ2) is 10.5. The number of hydrogen-bond donors (Lipinski definition) is 1. The SMILES string of the molecule is CC(C)[C@@H](C(=O)OCC(=O)Nc1ccccc1C(F)(F)F)N1C(=O)c2c(Cl)c(Cl)c(Cl)c(Cl)c2C1=O. The lowest BCUT2D eigenvalue weighted by Gasteiger charge is -2.27. The second-order valence-corrected chi connectivity index (χ2v) is 9.39. The van der Waals surface area contributed by atoms with Gasteiger partial charge >= 0.3 is 12.1 Å². The van der Waals surface area contributed by atoms with Crippen molar-refractivity contribution in [1.29, 1.82) is 0 Å². The van der Waals surface area contributed by atoms with Crippen LogP contribution in [0.4, 0.5) is 18.9 Å². The first-order chi connectivity index (χ1) is 16.7. The van der Waals surface area contributed by atoms with Gasteiger partial charge in [-0.1, -0.05) is 72.4 Å². The van der Waals surface area contributed by atoms with Crippen molar-refractivity contribution in [3.63, 3.8) is 0 Å². The number of alkyl halides is 3. The van der Waals surface area contributed by atoms with Crippen LogP contribution in [0.1, 0.15) is 40.1 Å². The maximum Gasteiger partial charge on any atom is 0.418 e. The van der Waals surface area contributed by atoms with Crippen molar-refractivity contribution in [2.75, 3.05) is 11.9 Å². The van der Waals surface area contributed by atoms with E-state index in [1.807, 2.05) is 5.32 Å². The standard InChI is InChI=1S/C22H15Cl4F3N2O5/c1-8(2)18(31-19(33)12-13(20(31)34)15(24)17(26)16(25)14(12)23)21(35)36-7-11(32)30-10-6-4-3-5-9(10)22(27,28)29/h3-6,8,18H,7H2,1-2H3,(H,30,32)/t18-/m0/s1. The molecule has 3 rings (SSSR count). The fraction of sp³-hybridized carbons (Fsp3) is 0.273. The number of ether oxygens (including phenoxy) is 1. The fourth-order valence-corrected chi connectivity index (χ4v) is 4.56. The molecule has 7 nitrogen and oxygen atoms in total. The van der Waals surface area contributed by atoms with Gasteiger partial charge in [-0.3, -0.25) is 19.3 Å². The van der Waals surface area contributed by atoms with E-state index < -0.39 is 59.7 Å². The van der Waals surface area contributed by atoms with Gasteiger partial charge in [0, 0.05) is 0 Å². The molecule has 36 heavy (non-hydrogen) atoms. The highest BCUT2D eigenvalue weighted by Crippen LogP contribution is 2.45. The Balaban J connectivity index is 1.81. The number of para-hydroxylation sites is 1. The second-order valence-electron chi connectivity index (χ2n) is 7.87. The summed E-state index contributed by atoms with van der Waals surface area (Å²) in [7, 11) is 0. The van der Waals surface area contributed by atoms with E-state index in [4.69, 9.17) is 51.1 Å². The zero-order valence-corrected chi connectivity index (χ0v) is 21.3. The summed E-state index contributed by atoms with van der Waals surface area (Å²) in [6, 6.07) is 2.70. The minimum Gasteiger partial charge on any atom is -0.454 e. The normalized spacial score (nSPS) is 14.2. The molecule has 0 unspecified atom stereocenters. The maximum atomic E-state index is 13.1. The smallest absolute Gasteiger partial charge is 0.418 e. The van der Waals surface area contributed by atoms with Gasteiger partial charge in [-0.05, 0) is 18.1 Å². The van der Waals surface area contributed by atoms with Crippen molar-refractivity contribution in [3.8, 4) is 0 Å². The summed E-state index contributed by atoms with van der Waals surface area (Å²) >= 11 is 24.2. The Hall–Kier alpha value is -2.53. The number of carbonyl (C=O) groups is 4. The van der Waals surface area contributed by atoms with Crippen LogP contribution in [0.3, 0.4) is 0 Å². The van der Waals surface area contributed by atoms with Crippen molar-refractivity contribution < 1.29 is 37.1 Å². The van der Waals surface area contributed by atoms with Gasteiger partial charge in [0.2, 0.25) is 0 Å². The zero-order chi connectivity index (χ0) is 27.1.